The van der Waals surface area contributed by atoms with Gasteiger partial charge in [-0.1, -0.05) is 12.1 Å². The number of carbonyl (C=O) groups excluding carboxylic acids is 1. The number of hydrogen-bond donors (Lipinski definition) is 4. The highest BCUT2D eigenvalue weighted by Crippen LogP contribution is 2.17. The summed E-state index contributed by atoms with van der Waals surface area (Å²) in [4.78, 5) is 21.8. The molecule has 1 amide bonds. The lowest BCUT2D eigenvalue weighted by Gasteiger charge is -2.13. The molecule has 1 atom stereocenters. The quantitative estimate of drug-likeness (QED) is 0.559. The lowest BCUT2D eigenvalue weighted by atomic mass is 10.1. The Hall–Kier alpha value is -2.08. The molecular weight excluding hydrogens is 214 g/mol. The smallest absolute Gasteiger partial charge is 0.330 e. The van der Waals surface area contributed by atoms with Crippen LogP contribution in [0.3, 0.4) is 0 Å². The minimum absolute atomic E-state index is 0.00127. The molecular formula is C10H11NO5. The summed E-state index contributed by atoms with van der Waals surface area (Å²) in [6.45, 7) is -0.776. The molecule has 1 aromatic carbocycles. The average Bonchev–Trinajstić information content (AvgIpc) is 2.26. The first-order valence-electron chi connectivity index (χ1n) is 4.46. The number of aliphatic hydroxyl groups excluding tert-OH is 1. The minimum atomic E-state index is -1.24. The molecule has 6 heteroatoms. The number of hydrogen-bond acceptors (Lipinski definition) is 4. The summed E-state index contributed by atoms with van der Waals surface area (Å²) in [6, 6.07) is 4.16. The number of aliphatic carboxylic acids is 1. The number of phenols is 1. The number of carboxylic acids is 1. The van der Waals surface area contributed by atoms with Crippen LogP contribution in [0.25, 0.3) is 0 Å². The van der Waals surface area contributed by atoms with Crippen molar-refractivity contribution in [3.8, 4) is 5.75 Å². The van der Waals surface area contributed by atoms with E-state index in [4.69, 9.17) is 15.3 Å². The van der Waals surface area contributed by atoms with E-state index in [2.05, 4.69) is 5.32 Å². The normalized spacial score (nSPS) is 11.8. The number of benzene rings is 1. The fraction of sp³-hybridized carbons (Fsp3) is 0.200. The molecule has 0 fully saturated rings. The van der Waals surface area contributed by atoms with Crippen molar-refractivity contribution in [2.24, 2.45) is 0 Å². The van der Waals surface area contributed by atoms with Gasteiger partial charge in [-0.2, -0.15) is 0 Å². The van der Waals surface area contributed by atoms with E-state index in [1.54, 1.807) is 0 Å². The molecule has 1 aromatic rings. The number of carbonyl (C=O) groups is 2. The SMILES string of the molecule is O=C(CO)NC(C(=O)O)c1ccc(O)cc1. The van der Waals surface area contributed by atoms with Crippen LogP contribution in [-0.4, -0.2) is 33.8 Å². The summed E-state index contributed by atoms with van der Waals surface area (Å²) in [7, 11) is 0. The van der Waals surface area contributed by atoms with Gasteiger partial charge in [0.1, 0.15) is 12.4 Å². The molecule has 16 heavy (non-hydrogen) atoms. The molecule has 0 radical (unpaired) electrons. The van der Waals surface area contributed by atoms with Crippen LogP contribution >= 0.6 is 0 Å². The Kier molecular flexibility index (Phi) is 3.84. The lowest BCUT2D eigenvalue weighted by Crippen LogP contribution is -2.35. The second kappa shape index (κ2) is 5.13. The minimum Gasteiger partial charge on any atom is -0.508 e. The van der Waals surface area contributed by atoms with Gasteiger partial charge in [-0.15, -0.1) is 0 Å². The maximum absolute atomic E-state index is 10.9. The van der Waals surface area contributed by atoms with Crippen molar-refractivity contribution in [3.05, 3.63) is 29.8 Å². The standard InChI is InChI=1S/C10H11NO5/c12-5-8(14)11-9(10(15)16)6-1-3-7(13)4-2-6/h1-4,9,12-13H,5H2,(H,11,14)(H,15,16). The third-order valence-corrected chi connectivity index (χ3v) is 1.92. The Morgan fingerprint density at radius 2 is 1.81 bits per heavy atom. The molecule has 0 aliphatic rings. The Morgan fingerprint density at radius 1 is 1.25 bits per heavy atom. The number of carboxylic acid groups (broad SMARTS) is 1. The van der Waals surface area contributed by atoms with Crippen LogP contribution in [0.2, 0.25) is 0 Å². The third-order valence-electron chi connectivity index (χ3n) is 1.92. The first-order chi connectivity index (χ1) is 7.54. The number of amides is 1. The monoisotopic (exact) mass is 225 g/mol. The zero-order valence-electron chi connectivity index (χ0n) is 8.25. The van der Waals surface area contributed by atoms with Crippen molar-refractivity contribution < 1.29 is 24.9 Å². The highest BCUT2D eigenvalue weighted by molar-refractivity contribution is 5.85. The molecule has 0 bridgehead atoms. The van der Waals surface area contributed by atoms with E-state index in [-0.39, 0.29) is 5.75 Å². The summed E-state index contributed by atoms with van der Waals surface area (Å²) in [5.41, 5.74) is 0.312. The Labute approximate surface area is 91.1 Å². The van der Waals surface area contributed by atoms with Gasteiger partial charge in [0.05, 0.1) is 0 Å². The van der Waals surface area contributed by atoms with Crippen LogP contribution in [0.1, 0.15) is 11.6 Å². The molecule has 0 heterocycles. The lowest BCUT2D eigenvalue weighted by molar-refractivity contribution is -0.142. The molecule has 1 rings (SSSR count). The molecule has 4 N–H and O–H groups in total. The molecule has 0 saturated heterocycles. The first kappa shape index (κ1) is 12.0. The molecule has 0 aromatic heterocycles. The van der Waals surface area contributed by atoms with Crippen LogP contribution in [0.15, 0.2) is 24.3 Å². The largest absolute Gasteiger partial charge is 0.508 e. The van der Waals surface area contributed by atoms with Crippen molar-refractivity contribution >= 4 is 11.9 Å². The molecule has 0 spiro atoms. The zero-order valence-corrected chi connectivity index (χ0v) is 8.25. The Morgan fingerprint density at radius 3 is 2.25 bits per heavy atom. The number of phenolic OH excluding ortho intramolecular Hbond substituents is 1. The van der Waals surface area contributed by atoms with Gasteiger partial charge < -0.3 is 20.6 Å². The predicted octanol–water partition coefficient (Wildman–Crippen LogP) is -0.374. The number of rotatable bonds is 4. The molecule has 0 aliphatic carbocycles. The van der Waals surface area contributed by atoms with Crippen LogP contribution in [0.4, 0.5) is 0 Å². The maximum Gasteiger partial charge on any atom is 0.330 e. The van der Waals surface area contributed by atoms with Crippen molar-refractivity contribution in [1.29, 1.82) is 0 Å². The second-order valence-electron chi connectivity index (χ2n) is 3.09. The highest BCUT2D eigenvalue weighted by Gasteiger charge is 2.21. The van der Waals surface area contributed by atoms with Crippen LogP contribution in [0.5, 0.6) is 5.75 Å². The maximum atomic E-state index is 10.9. The Balaban J connectivity index is 2.89. The summed E-state index contributed by atoms with van der Waals surface area (Å²) >= 11 is 0. The van der Waals surface area contributed by atoms with Crippen molar-refractivity contribution in [2.45, 2.75) is 6.04 Å². The molecule has 86 valence electrons. The van der Waals surface area contributed by atoms with E-state index >= 15 is 0 Å². The topological polar surface area (TPSA) is 107 Å². The molecule has 0 saturated carbocycles. The van der Waals surface area contributed by atoms with Gasteiger partial charge in [0, 0.05) is 0 Å². The number of aromatic hydroxyl groups is 1. The summed E-state index contributed by atoms with van der Waals surface area (Å²) < 4.78 is 0. The number of aliphatic hydroxyl groups is 1. The Bertz CT molecular complexity index is 387. The van der Waals surface area contributed by atoms with Gasteiger partial charge in [-0.05, 0) is 17.7 Å². The fourth-order valence-corrected chi connectivity index (χ4v) is 1.16. The van der Waals surface area contributed by atoms with Gasteiger partial charge in [0.15, 0.2) is 6.04 Å². The van der Waals surface area contributed by atoms with Gasteiger partial charge in [0.2, 0.25) is 5.91 Å². The fourth-order valence-electron chi connectivity index (χ4n) is 1.16. The van der Waals surface area contributed by atoms with Crippen molar-refractivity contribution in [1.82, 2.24) is 5.32 Å². The average molecular weight is 225 g/mol. The van der Waals surface area contributed by atoms with Crippen molar-refractivity contribution in [2.75, 3.05) is 6.61 Å². The van der Waals surface area contributed by atoms with Gasteiger partial charge in [-0.3, -0.25) is 4.79 Å². The van der Waals surface area contributed by atoms with Gasteiger partial charge in [0.25, 0.3) is 0 Å². The van der Waals surface area contributed by atoms with Gasteiger partial charge in [-0.25, -0.2) is 4.79 Å². The third kappa shape index (κ3) is 2.96. The first-order valence-corrected chi connectivity index (χ1v) is 4.46. The molecule has 0 aliphatic heterocycles. The van der Waals surface area contributed by atoms with Crippen molar-refractivity contribution in [3.63, 3.8) is 0 Å². The molecule has 1 unspecified atom stereocenters. The van der Waals surface area contributed by atoms with E-state index < -0.39 is 24.5 Å². The zero-order chi connectivity index (χ0) is 12.1. The highest BCUT2D eigenvalue weighted by atomic mass is 16.4. The van der Waals surface area contributed by atoms with Crippen LogP contribution < -0.4 is 5.32 Å². The van der Waals surface area contributed by atoms with Gasteiger partial charge >= 0.3 is 5.97 Å². The van der Waals surface area contributed by atoms with E-state index in [0.29, 0.717) is 5.56 Å². The summed E-state index contributed by atoms with van der Waals surface area (Å²) in [5, 5.41) is 28.6. The van der Waals surface area contributed by atoms with E-state index in [9.17, 15) is 9.59 Å². The number of nitrogens with one attached hydrogen (secondary N) is 1. The van der Waals surface area contributed by atoms with E-state index in [1.165, 1.54) is 24.3 Å². The predicted molar refractivity (Wildman–Crippen MR) is 53.7 cm³/mol. The van der Waals surface area contributed by atoms with Crippen LogP contribution in [0, 0.1) is 0 Å². The van der Waals surface area contributed by atoms with Crippen LogP contribution in [-0.2, 0) is 9.59 Å². The molecule has 6 nitrogen and oxygen atoms in total. The summed E-state index contributed by atoms with van der Waals surface area (Å²) in [6.07, 6.45) is 0. The second-order valence-corrected chi connectivity index (χ2v) is 3.09. The van der Waals surface area contributed by atoms with E-state index in [1.807, 2.05) is 0 Å². The summed E-state index contributed by atoms with van der Waals surface area (Å²) in [5.74, 6) is -2.02. The van der Waals surface area contributed by atoms with E-state index in [0.717, 1.165) is 0 Å².